The molecule has 0 aromatic heterocycles. The highest BCUT2D eigenvalue weighted by Crippen LogP contribution is 2.17. The van der Waals surface area contributed by atoms with E-state index < -0.39 is 12.0 Å². The third kappa shape index (κ3) is 2.51. The van der Waals surface area contributed by atoms with Gasteiger partial charge in [-0.2, -0.15) is 0 Å². The van der Waals surface area contributed by atoms with Crippen LogP contribution in [-0.4, -0.2) is 29.5 Å². The van der Waals surface area contributed by atoms with Crippen LogP contribution in [0.15, 0.2) is 42.6 Å². The van der Waals surface area contributed by atoms with Crippen LogP contribution in [-0.2, 0) is 16.0 Å². The standard InChI is InChI=1S/C13H14N2O3/c14-7-6-12(16)15-11(9-18-13(15)17)8-10-4-2-1-3-5-10/h1-7,11H,8-9,14H2/b7-6+/t11-/m1/s1. The van der Waals surface area contributed by atoms with Crippen LogP contribution in [0.2, 0.25) is 0 Å². The first kappa shape index (κ1) is 12.2. The van der Waals surface area contributed by atoms with Crippen LogP contribution < -0.4 is 5.73 Å². The number of cyclic esters (lactones) is 1. The highest BCUT2D eigenvalue weighted by molar-refractivity contribution is 5.99. The number of hydrogen-bond donors (Lipinski definition) is 1. The molecule has 2 rings (SSSR count). The van der Waals surface area contributed by atoms with Crippen molar-refractivity contribution in [3.05, 3.63) is 48.2 Å². The van der Waals surface area contributed by atoms with Gasteiger partial charge in [0.15, 0.2) is 0 Å². The van der Waals surface area contributed by atoms with E-state index in [2.05, 4.69) is 0 Å². The van der Waals surface area contributed by atoms with E-state index in [1.165, 1.54) is 0 Å². The topological polar surface area (TPSA) is 72.6 Å². The van der Waals surface area contributed by atoms with Crippen molar-refractivity contribution in [3.8, 4) is 0 Å². The van der Waals surface area contributed by atoms with Crippen molar-refractivity contribution < 1.29 is 14.3 Å². The van der Waals surface area contributed by atoms with Gasteiger partial charge >= 0.3 is 6.09 Å². The number of nitrogens with two attached hydrogens (primary N) is 1. The minimum Gasteiger partial charge on any atom is -0.447 e. The Hall–Kier alpha value is -2.30. The fourth-order valence-electron chi connectivity index (χ4n) is 1.93. The van der Waals surface area contributed by atoms with Crippen LogP contribution >= 0.6 is 0 Å². The van der Waals surface area contributed by atoms with Crippen molar-refractivity contribution in [1.82, 2.24) is 4.90 Å². The van der Waals surface area contributed by atoms with Crippen LogP contribution in [0.3, 0.4) is 0 Å². The molecule has 0 saturated carbocycles. The molecule has 1 aromatic rings. The summed E-state index contributed by atoms with van der Waals surface area (Å²) in [6.07, 6.45) is 2.24. The molecule has 1 heterocycles. The molecule has 94 valence electrons. The SMILES string of the molecule is N/C=C/C(=O)N1C(=O)OC[C@H]1Cc1ccccc1. The Bertz CT molecular complexity index is 470. The van der Waals surface area contributed by atoms with Crippen LogP contribution in [0.25, 0.3) is 0 Å². The monoisotopic (exact) mass is 246 g/mol. The van der Waals surface area contributed by atoms with E-state index in [4.69, 9.17) is 10.5 Å². The molecular formula is C13H14N2O3. The molecule has 0 unspecified atom stereocenters. The van der Waals surface area contributed by atoms with E-state index >= 15 is 0 Å². The predicted molar refractivity (Wildman–Crippen MR) is 65.5 cm³/mol. The smallest absolute Gasteiger partial charge is 0.417 e. The van der Waals surface area contributed by atoms with Gasteiger partial charge in [-0.25, -0.2) is 9.69 Å². The van der Waals surface area contributed by atoms with Crippen molar-refractivity contribution in [2.75, 3.05) is 6.61 Å². The van der Waals surface area contributed by atoms with Gasteiger partial charge in [0.1, 0.15) is 6.61 Å². The molecule has 1 fully saturated rings. The van der Waals surface area contributed by atoms with Gasteiger partial charge in [-0.15, -0.1) is 0 Å². The van der Waals surface area contributed by atoms with Crippen LogP contribution in [0.5, 0.6) is 0 Å². The van der Waals surface area contributed by atoms with E-state index in [0.717, 1.165) is 22.7 Å². The molecule has 0 aliphatic carbocycles. The number of carbonyl (C=O) groups excluding carboxylic acids is 2. The first-order valence-corrected chi connectivity index (χ1v) is 5.64. The molecule has 5 nitrogen and oxygen atoms in total. The largest absolute Gasteiger partial charge is 0.447 e. The molecule has 1 atom stereocenters. The van der Waals surface area contributed by atoms with Crippen molar-refractivity contribution in [3.63, 3.8) is 0 Å². The molecule has 2 amide bonds. The molecule has 1 saturated heterocycles. The van der Waals surface area contributed by atoms with Gasteiger partial charge in [0.05, 0.1) is 6.04 Å². The average molecular weight is 246 g/mol. The maximum absolute atomic E-state index is 11.7. The molecule has 0 bridgehead atoms. The zero-order valence-electron chi connectivity index (χ0n) is 9.78. The van der Waals surface area contributed by atoms with Gasteiger partial charge < -0.3 is 10.5 Å². The van der Waals surface area contributed by atoms with Crippen LogP contribution in [0, 0.1) is 0 Å². The van der Waals surface area contributed by atoms with Crippen molar-refractivity contribution in [1.29, 1.82) is 0 Å². The Morgan fingerprint density at radius 2 is 2.17 bits per heavy atom. The Kier molecular flexibility index (Phi) is 3.62. The lowest BCUT2D eigenvalue weighted by Crippen LogP contribution is -2.39. The first-order chi connectivity index (χ1) is 8.72. The second-order valence-electron chi connectivity index (χ2n) is 3.99. The molecule has 0 radical (unpaired) electrons. The molecule has 1 aliphatic heterocycles. The summed E-state index contributed by atoms with van der Waals surface area (Å²) in [6.45, 7) is 0.220. The second-order valence-corrected chi connectivity index (χ2v) is 3.99. The van der Waals surface area contributed by atoms with E-state index in [-0.39, 0.29) is 12.6 Å². The molecule has 18 heavy (non-hydrogen) atoms. The third-order valence-corrected chi connectivity index (χ3v) is 2.75. The number of amides is 2. The second kappa shape index (κ2) is 5.35. The lowest BCUT2D eigenvalue weighted by Gasteiger charge is -2.17. The quantitative estimate of drug-likeness (QED) is 0.809. The number of rotatable bonds is 3. The maximum Gasteiger partial charge on any atom is 0.417 e. The number of nitrogens with zero attached hydrogens (tertiary/aromatic N) is 1. The highest BCUT2D eigenvalue weighted by Gasteiger charge is 2.36. The van der Waals surface area contributed by atoms with Gasteiger partial charge in [-0.1, -0.05) is 30.3 Å². The van der Waals surface area contributed by atoms with Crippen molar-refractivity contribution >= 4 is 12.0 Å². The van der Waals surface area contributed by atoms with Crippen molar-refractivity contribution in [2.45, 2.75) is 12.5 Å². The summed E-state index contributed by atoms with van der Waals surface area (Å²) >= 11 is 0. The normalized spacial score (nSPS) is 19.2. The summed E-state index contributed by atoms with van der Waals surface area (Å²) in [5.41, 5.74) is 6.21. The molecular weight excluding hydrogens is 232 g/mol. The summed E-state index contributed by atoms with van der Waals surface area (Å²) in [4.78, 5) is 24.3. The number of imide groups is 1. The Morgan fingerprint density at radius 3 is 2.83 bits per heavy atom. The van der Waals surface area contributed by atoms with E-state index in [1.807, 2.05) is 30.3 Å². The Labute approximate surface area is 105 Å². The molecule has 0 spiro atoms. The Balaban J connectivity index is 2.12. The van der Waals surface area contributed by atoms with Crippen molar-refractivity contribution in [2.24, 2.45) is 5.73 Å². The van der Waals surface area contributed by atoms with Gasteiger partial charge in [0.25, 0.3) is 5.91 Å². The van der Waals surface area contributed by atoms with Crippen LogP contribution in [0.1, 0.15) is 5.56 Å². The third-order valence-electron chi connectivity index (χ3n) is 2.75. The molecule has 1 aliphatic rings. The predicted octanol–water partition coefficient (Wildman–Crippen LogP) is 1.05. The number of hydrogen-bond acceptors (Lipinski definition) is 4. The summed E-state index contributed by atoms with van der Waals surface area (Å²) in [5.74, 6) is -0.444. The average Bonchev–Trinajstić information content (AvgIpc) is 2.72. The van der Waals surface area contributed by atoms with Gasteiger partial charge in [-0.05, 0) is 18.2 Å². The minimum absolute atomic E-state index is 0.220. The summed E-state index contributed by atoms with van der Waals surface area (Å²) in [5, 5.41) is 0. The van der Waals surface area contributed by atoms with E-state index in [9.17, 15) is 9.59 Å². The summed E-state index contributed by atoms with van der Waals surface area (Å²) in [6, 6.07) is 9.37. The first-order valence-electron chi connectivity index (χ1n) is 5.64. The number of ether oxygens (including phenoxy) is 1. The maximum atomic E-state index is 11.7. The van der Waals surface area contributed by atoms with Gasteiger partial charge in [-0.3, -0.25) is 4.79 Å². The zero-order chi connectivity index (χ0) is 13.0. The van der Waals surface area contributed by atoms with Gasteiger partial charge in [0.2, 0.25) is 0 Å². The van der Waals surface area contributed by atoms with E-state index in [1.54, 1.807) is 0 Å². The Morgan fingerprint density at radius 1 is 1.44 bits per heavy atom. The van der Waals surface area contributed by atoms with Crippen LogP contribution in [0.4, 0.5) is 4.79 Å². The fraction of sp³-hybridized carbons (Fsp3) is 0.231. The number of benzene rings is 1. The molecule has 2 N–H and O–H groups in total. The molecule has 5 heteroatoms. The fourth-order valence-corrected chi connectivity index (χ4v) is 1.93. The zero-order valence-corrected chi connectivity index (χ0v) is 9.78. The van der Waals surface area contributed by atoms with Gasteiger partial charge in [0, 0.05) is 6.08 Å². The lowest BCUT2D eigenvalue weighted by atomic mass is 10.1. The minimum atomic E-state index is -0.612. The summed E-state index contributed by atoms with van der Waals surface area (Å²) < 4.78 is 4.91. The summed E-state index contributed by atoms with van der Waals surface area (Å²) in [7, 11) is 0. The molecule has 1 aromatic carbocycles. The van der Waals surface area contributed by atoms with E-state index in [0.29, 0.717) is 6.42 Å². The lowest BCUT2D eigenvalue weighted by molar-refractivity contribution is -0.124. The highest BCUT2D eigenvalue weighted by atomic mass is 16.6. The number of carbonyl (C=O) groups is 2.